The molecule has 24 heavy (non-hydrogen) atoms. The van der Waals surface area contributed by atoms with E-state index in [-0.39, 0.29) is 17.6 Å². The van der Waals surface area contributed by atoms with E-state index < -0.39 is 0 Å². The molecule has 0 saturated heterocycles. The van der Waals surface area contributed by atoms with Crippen LogP contribution >= 0.6 is 0 Å². The number of aromatic nitrogens is 2. The fraction of sp³-hybridized carbons (Fsp3) is 0.579. The van der Waals surface area contributed by atoms with Crippen LogP contribution in [0.15, 0.2) is 18.3 Å². The summed E-state index contributed by atoms with van der Waals surface area (Å²) >= 11 is 0. The van der Waals surface area contributed by atoms with Crippen molar-refractivity contribution in [2.75, 3.05) is 6.61 Å². The van der Waals surface area contributed by atoms with Crippen molar-refractivity contribution in [2.45, 2.75) is 65.0 Å². The molecule has 0 atom stereocenters. The number of nitrogens with zero attached hydrogens (tertiary/aromatic N) is 2. The average Bonchev–Trinajstić information content (AvgIpc) is 2.94. The van der Waals surface area contributed by atoms with Crippen LogP contribution in [0.5, 0.6) is 0 Å². The molecular formula is C19H27N3O2. The lowest BCUT2D eigenvalue weighted by molar-refractivity contribution is -0.0544. The number of hydrogen-bond donors (Lipinski definition) is 1. The summed E-state index contributed by atoms with van der Waals surface area (Å²) in [5.74, 6) is -0.0278. The van der Waals surface area contributed by atoms with Gasteiger partial charge in [-0.15, -0.1) is 0 Å². The van der Waals surface area contributed by atoms with Gasteiger partial charge in [-0.25, -0.2) is 4.98 Å². The lowest BCUT2D eigenvalue weighted by Gasteiger charge is -2.37. The van der Waals surface area contributed by atoms with E-state index in [1.807, 2.05) is 43.5 Å². The van der Waals surface area contributed by atoms with Crippen molar-refractivity contribution < 1.29 is 9.53 Å². The molecule has 0 bridgehead atoms. The van der Waals surface area contributed by atoms with Gasteiger partial charge in [0.1, 0.15) is 5.65 Å². The van der Waals surface area contributed by atoms with E-state index in [1.54, 1.807) is 0 Å². The monoisotopic (exact) mass is 329 g/mol. The van der Waals surface area contributed by atoms with Gasteiger partial charge >= 0.3 is 0 Å². The molecule has 2 heterocycles. The fourth-order valence-electron chi connectivity index (χ4n) is 3.70. The molecule has 3 rings (SSSR count). The zero-order valence-corrected chi connectivity index (χ0v) is 15.1. The Morgan fingerprint density at radius 1 is 1.42 bits per heavy atom. The highest BCUT2D eigenvalue weighted by atomic mass is 16.5. The van der Waals surface area contributed by atoms with Crippen LogP contribution in [-0.2, 0) is 4.74 Å². The standard InChI is InChI=1S/C19H27N3O2/c1-5-24-19(4)9-6-15(7-10-19)21-18(23)16-8-11-22-14(3)12-13(2)20-17(16)22/h8,11-12,15H,5-7,9-10H2,1-4H3,(H,21,23). The Morgan fingerprint density at radius 2 is 2.12 bits per heavy atom. The Bertz CT molecular complexity index is 742. The highest BCUT2D eigenvalue weighted by Crippen LogP contribution is 2.31. The molecule has 1 aliphatic rings. The third-order valence-electron chi connectivity index (χ3n) is 5.06. The molecule has 1 amide bonds. The molecule has 5 nitrogen and oxygen atoms in total. The maximum absolute atomic E-state index is 12.7. The second-order valence-corrected chi connectivity index (χ2v) is 7.09. The van der Waals surface area contributed by atoms with Gasteiger partial charge in [0.15, 0.2) is 0 Å². The predicted octanol–water partition coefficient (Wildman–Crippen LogP) is 3.42. The topological polar surface area (TPSA) is 55.6 Å². The third kappa shape index (κ3) is 3.31. The molecule has 1 saturated carbocycles. The van der Waals surface area contributed by atoms with Crippen molar-refractivity contribution in [3.8, 4) is 0 Å². The molecule has 0 unspecified atom stereocenters. The number of rotatable bonds is 4. The van der Waals surface area contributed by atoms with Crippen molar-refractivity contribution in [1.29, 1.82) is 0 Å². The molecule has 1 N–H and O–H groups in total. The number of carbonyl (C=O) groups excluding carboxylic acids is 1. The Kier molecular flexibility index (Phi) is 4.63. The van der Waals surface area contributed by atoms with Gasteiger partial charge in [0.2, 0.25) is 0 Å². The minimum absolute atomic E-state index is 0.0278. The zero-order valence-electron chi connectivity index (χ0n) is 15.1. The number of nitrogens with one attached hydrogen (secondary N) is 1. The minimum atomic E-state index is -0.0331. The maximum Gasteiger partial charge on any atom is 0.255 e. The van der Waals surface area contributed by atoms with E-state index in [1.165, 1.54) is 0 Å². The van der Waals surface area contributed by atoms with Crippen molar-refractivity contribution >= 4 is 11.6 Å². The normalized spacial score (nSPS) is 24.2. The Morgan fingerprint density at radius 3 is 2.79 bits per heavy atom. The summed E-state index contributed by atoms with van der Waals surface area (Å²) < 4.78 is 7.82. The number of carbonyl (C=O) groups is 1. The SMILES string of the molecule is CCOC1(C)CCC(NC(=O)c2ccn3c(C)cc(C)nc23)CC1. The lowest BCUT2D eigenvalue weighted by atomic mass is 9.83. The third-order valence-corrected chi connectivity index (χ3v) is 5.06. The molecule has 2 aromatic rings. The summed E-state index contributed by atoms with van der Waals surface area (Å²) in [6, 6.07) is 4.09. The molecule has 2 aromatic heterocycles. The van der Waals surface area contributed by atoms with Gasteiger partial charge in [-0.3, -0.25) is 4.79 Å². The van der Waals surface area contributed by atoms with E-state index in [0.717, 1.165) is 49.3 Å². The van der Waals surface area contributed by atoms with Crippen molar-refractivity contribution in [1.82, 2.24) is 14.7 Å². The highest BCUT2D eigenvalue weighted by Gasteiger charge is 2.32. The Balaban J connectivity index is 1.70. The molecule has 5 heteroatoms. The minimum Gasteiger partial charge on any atom is -0.376 e. The van der Waals surface area contributed by atoms with Crippen molar-refractivity contribution in [3.63, 3.8) is 0 Å². The molecular weight excluding hydrogens is 302 g/mol. The summed E-state index contributed by atoms with van der Waals surface area (Å²) in [7, 11) is 0. The maximum atomic E-state index is 12.7. The first kappa shape index (κ1) is 17.0. The molecule has 0 aliphatic heterocycles. The van der Waals surface area contributed by atoms with Crippen molar-refractivity contribution in [2.24, 2.45) is 0 Å². The van der Waals surface area contributed by atoms with Gasteiger partial charge in [0, 0.05) is 30.2 Å². The summed E-state index contributed by atoms with van der Waals surface area (Å²) in [6.45, 7) is 8.94. The van der Waals surface area contributed by atoms with Crippen LogP contribution in [0.3, 0.4) is 0 Å². The Hall–Kier alpha value is -1.88. The van der Waals surface area contributed by atoms with E-state index >= 15 is 0 Å². The smallest absolute Gasteiger partial charge is 0.255 e. The number of fused-ring (bicyclic) bond motifs is 1. The number of amides is 1. The van der Waals surface area contributed by atoms with E-state index in [0.29, 0.717) is 5.56 Å². The molecule has 0 spiro atoms. The van der Waals surface area contributed by atoms with Crippen LogP contribution in [0.1, 0.15) is 61.3 Å². The lowest BCUT2D eigenvalue weighted by Crippen LogP contribution is -2.43. The Labute approximate surface area is 143 Å². The van der Waals surface area contributed by atoms with Gasteiger partial charge in [0.05, 0.1) is 11.2 Å². The number of hydrogen-bond acceptors (Lipinski definition) is 3. The summed E-state index contributed by atoms with van der Waals surface area (Å²) in [5, 5.41) is 3.18. The van der Waals surface area contributed by atoms with Crippen LogP contribution in [0, 0.1) is 13.8 Å². The van der Waals surface area contributed by atoms with Crippen LogP contribution in [0.2, 0.25) is 0 Å². The van der Waals surface area contributed by atoms with Gasteiger partial charge in [-0.2, -0.15) is 0 Å². The van der Waals surface area contributed by atoms with Gasteiger partial charge in [-0.1, -0.05) is 0 Å². The van der Waals surface area contributed by atoms with E-state index in [4.69, 9.17) is 4.74 Å². The quantitative estimate of drug-likeness (QED) is 0.935. The summed E-state index contributed by atoms with van der Waals surface area (Å²) in [4.78, 5) is 17.2. The van der Waals surface area contributed by atoms with Gasteiger partial charge in [-0.05, 0) is 65.5 Å². The molecule has 0 aromatic carbocycles. The predicted molar refractivity (Wildman–Crippen MR) is 94.4 cm³/mol. The fourth-order valence-corrected chi connectivity index (χ4v) is 3.70. The van der Waals surface area contributed by atoms with Crippen molar-refractivity contribution in [3.05, 3.63) is 35.3 Å². The second kappa shape index (κ2) is 6.55. The molecule has 1 aliphatic carbocycles. The first-order valence-corrected chi connectivity index (χ1v) is 8.82. The highest BCUT2D eigenvalue weighted by molar-refractivity contribution is 6.00. The van der Waals surface area contributed by atoms with Crippen LogP contribution in [0.25, 0.3) is 5.65 Å². The first-order valence-electron chi connectivity index (χ1n) is 8.82. The molecule has 1 fully saturated rings. The van der Waals surface area contributed by atoms with Crippen LogP contribution < -0.4 is 5.32 Å². The number of aryl methyl sites for hydroxylation is 2. The zero-order chi connectivity index (χ0) is 17.3. The number of ether oxygens (including phenoxy) is 1. The summed E-state index contributed by atoms with van der Waals surface area (Å²) in [6.07, 6.45) is 5.80. The van der Waals surface area contributed by atoms with Gasteiger partial charge in [0.25, 0.3) is 5.91 Å². The van der Waals surface area contributed by atoms with Crippen LogP contribution in [-0.4, -0.2) is 33.5 Å². The van der Waals surface area contributed by atoms with Gasteiger partial charge < -0.3 is 14.5 Å². The largest absolute Gasteiger partial charge is 0.376 e. The second-order valence-electron chi connectivity index (χ2n) is 7.09. The van der Waals surface area contributed by atoms with E-state index in [9.17, 15) is 4.79 Å². The first-order chi connectivity index (χ1) is 11.4. The average molecular weight is 329 g/mol. The van der Waals surface area contributed by atoms with Crippen LogP contribution in [0.4, 0.5) is 0 Å². The molecule has 130 valence electrons. The molecule has 0 radical (unpaired) electrons. The summed E-state index contributed by atoms with van der Waals surface area (Å²) in [5.41, 5.74) is 3.37. The van der Waals surface area contributed by atoms with E-state index in [2.05, 4.69) is 17.2 Å².